The number of amides is 1. The molecule has 0 saturated carbocycles. The van der Waals surface area contributed by atoms with Crippen LogP contribution in [0.3, 0.4) is 0 Å². The minimum Gasteiger partial charge on any atom is -0.453 e. The summed E-state index contributed by atoms with van der Waals surface area (Å²) in [5.41, 5.74) is 2.32. The summed E-state index contributed by atoms with van der Waals surface area (Å²) in [5, 5.41) is 0.503. The molecule has 0 saturated heterocycles. The van der Waals surface area contributed by atoms with E-state index in [-0.39, 0.29) is 30.3 Å². The van der Waals surface area contributed by atoms with Gasteiger partial charge in [-0.15, -0.1) is 0 Å². The highest BCUT2D eigenvalue weighted by atomic mass is 16.5. The third kappa shape index (κ3) is 3.83. The highest BCUT2D eigenvalue weighted by Gasteiger charge is 2.34. The van der Waals surface area contributed by atoms with Gasteiger partial charge in [-0.2, -0.15) is 0 Å². The molecule has 1 aromatic heterocycles. The number of aromatic amines is 1. The number of hydrogen-bond donors (Lipinski definition) is 1. The number of ether oxygens (including phenoxy) is 1. The molecule has 1 N–H and O–H groups in total. The molecule has 3 aromatic rings. The Hall–Kier alpha value is -3.48. The predicted octanol–water partition coefficient (Wildman–Crippen LogP) is 2.77. The number of esters is 1. The number of carbonyl (C=O) groups excluding carboxylic acids is 2. The molecular weight excluding hydrogens is 382 g/mol. The first-order chi connectivity index (χ1) is 14.4. The van der Waals surface area contributed by atoms with E-state index in [4.69, 9.17) is 4.74 Å². The Kier molecular flexibility index (Phi) is 5.35. The molecule has 154 valence electrons. The molecule has 0 spiro atoms. The van der Waals surface area contributed by atoms with Crippen LogP contribution in [0.25, 0.3) is 10.9 Å². The Morgan fingerprint density at radius 2 is 1.93 bits per heavy atom. The van der Waals surface area contributed by atoms with E-state index in [1.165, 1.54) is 0 Å². The molecule has 2 heterocycles. The summed E-state index contributed by atoms with van der Waals surface area (Å²) in [6, 6.07) is 14.8. The van der Waals surface area contributed by atoms with Crippen molar-refractivity contribution in [3.05, 3.63) is 70.3 Å². The summed E-state index contributed by atoms with van der Waals surface area (Å²) in [7, 11) is 0. The van der Waals surface area contributed by atoms with Gasteiger partial charge in [0.1, 0.15) is 5.82 Å². The number of anilines is 1. The number of carbonyl (C=O) groups is 2. The smallest absolute Gasteiger partial charge is 0.307 e. The van der Waals surface area contributed by atoms with Crippen molar-refractivity contribution >= 4 is 28.5 Å². The monoisotopic (exact) mass is 405 g/mol. The van der Waals surface area contributed by atoms with Crippen molar-refractivity contribution in [2.45, 2.75) is 45.3 Å². The van der Waals surface area contributed by atoms with Crippen LogP contribution in [-0.2, 0) is 27.2 Å². The van der Waals surface area contributed by atoms with E-state index in [0.29, 0.717) is 16.7 Å². The van der Waals surface area contributed by atoms with Gasteiger partial charge in [0.2, 0.25) is 0 Å². The maximum absolute atomic E-state index is 12.9. The number of aryl methyl sites for hydroxylation is 1. The number of para-hydroxylation sites is 2. The van der Waals surface area contributed by atoms with Crippen LogP contribution < -0.4 is 10.5 Å². The molecule has 1 aliphatic heterocycles. The summed E-state index contributed by atoms with van der Waals surface area (Å²) in [6.45, 7) is 3.57. The number of H-pyrrole nitrogens is 1. The van der Waals surface area contributed by atoms with Crippen LogP contribution in [0.1, 0.15) is 31.7 Å². The molecule has 2 aromatic carbocycles. The minimum atomic E-state index is -0.894. The zero-order valence-electron chi connectivity index (χ0n) is 16.9. The number of fused-ring (bicyclic) bond motifs is 2. The molecule has 0 bridgehead atoms. The maximum atomic E-state index is 12.9. The van der Waals surface area contributed by atoms with Gasteiger partial charge in [-0.25, -0.2) is 4.98 Å². The van der Waals surface area contributed by atoms with Crippen LogP contribution in [0, 0.1) is 0 Å². The lowest BCUT2D eigenvalue weighted by atomic mass is 10.1. The Morgan fingerprint density at radius 3 is 2.77 bits per heavy atom. The summed E-state index contributed by atoms with van der Waals surface area (Å²) in [6.07, 6.45) is 0.131. The van der Waals surface area contributed by atoms with Crippen molar-refractivity contribution in [2.75, 3.05) is 4.90 Å². The van der Waals surface area contributed by atoms with Crippen LogP contribution in [0.4, 0.5) is 5.69 Å². The number of rotatable bonds is 5. The maximum Gasteiger partial charge on any atom is 0.307 e. The SMILES string of the molecule is C[C@@H]1Cc2ccccc2N1C(=O)[C@@H](C)OC(=O)CCc1nc2ccccc2c(=O)[nH]1. The predicted molar refractivity (Wildman–Crippen MR) is 113 cm³/mol. The lowest BCUT2D eigenvalue weighted by Gasteiger charge is -2.25. The zero-order valence-corrected chi connectivity index (χ0v) is 16.9. The molecule has 7 nitrogen and oxygen atoms in total. The molecular formula is C23H23N3O4. The van der Waals surface area contributed by atoms with Crippen molar-refractivity contribution in [3.8, 4) is 0 Å². The molecule has 0 radical (unpaired) electrons. The van der Waals surface area contributed by atoms with E-state index in [2.05, 4.69) is 9.97 Å². The average Bonchev–Trinajstić information content (AvgIpc) is 3.07. The lowest BCUT2D eigenvalue weighted by molar-refractivity contribution is -0.154. The van der Waals surface area contributed by atoms with Gasteiger partial charge >= 0.3 is 5.97 Å². The topological polar surface area (TPSA) is 92.4 Å². The van der Waals surface area contributed by atoms with Gasteiger partial charge in [-0.3, -0.25) is 14.4 Å². The fourth-order valence-corrected chi connectivity index (χ4v) is 3.88. The van der Waals surface area contributed by atoms with Crippen LogP contribution in [0.5, 0.6) is 0 Å². The van der Waals surface area contributed by atoms with Crippen molar-refractivity contribution in [1.29, 1.82) is 0 Å². The Labute approximate surface area is 173 Å². The van der Waals surface area contributed by atoms with Crippen molar-refractivity contribution in [3.63, 3.8) is 0 Å². The van der Waals surface area contributed by atoms with E-state index < -0.39 is 12.1 Å². The third-order valence-electron chi connectivity index (χ3n) is 5.33. The van der Waals surface area contributed by atoms with Gasteiger partial charge < -0.3 is 14.6 Å². The van der Waals surface area contributed by atoms with Crippen molar-refractivity contribution in [1.82, 2.24) is 9.97 Å². The molecule has 4 rings (SSSR count). The van der Waals surface area contributed by atoms with Crippen LogP contribution in [0.2, 0.25) is 0 Å². The molecule has 1 amide bonds. The van der Waals surface area contributed by atoms with E-state index in [9.17, 15) is 14.4 Å². The third-order valence-corrected chi connectivity index (χ3v) is 5.33. The first-order valence-electron chi connectivity index (χ1n) is 10.0. The average molecular weight is 405 g/mol. The first kappa shape index (κ1) is 19.8. The van der Waals surface area contributed by atoms with Crippen molar-refractivity contribution < 1.29 is 14.3 Å². The normalized spacial score (nSPS) is 16.3. The van der Waals surface area contributed by atoms with Crippen molar-refractivity contribution in [2.24, 2.45) is 0 Å². The number of nitrogens with one attached hydrogen (secondary N) is 1. The van der Waals surface area contributed by atoms with Crippen LogP contribution in [-0.4, -0.2) is 34.0 Å². The highest BCUT2D eigenvalue weighted by Crippen LogP contribution is 2.32. The standard InChI is InChI=1S/C23H23N3O4/c1-14-13-16-7-3-6-10-19(16)26(14)23(29)15(2)30-21(27)12-11-20-24-18-9-5-4-8-17(18)22(28)25-20/h3-10,14-15H,11-13H2,1-2H3,(H,24,25,28)/t14-,15-/m1/s1. The van der Waals surface area contributed by atoms with Gasteiger partial charge in [-0.1, -0.05) is 30.3 Å². The van der Waals surface area contributed by atoms with Gasteiger partial charge in [0.25, 0.3) is 11.5 Å². The molecule has 0 fully saturated rings. The molecule has 1 aliphatic rings. The highest BCUT2D eigenvalue weighted by molar-refractivity contribution is 5.99. The summed E-state index contributed by atoms with van der Waals surface area (Å²) >= 11 is 0. The molecule has 0 unspecified atom stereocenters. The fraction of sp³-hybridized carbons (Fsp3) is 0.304. The largest absolute Gasteiger partial charge is 0.453 e. The second kappa shape index (κ2) is 8.10. The first-order valence-corrected chi connectivity index (χ1v) is 10.0. The fourth-order valence-electron chi connectivity index (χ4n) is 3.88. The van der Waals surface area contributed by atoms with E-state index in [1.807, 2.05) is 31.2 Å². The van der Waals surface area contributed by atoms with Crippen LogP contribution >= 0.6 is 0 Å². The van der Waals surface area contributed by atoms with Crippen LogP contribution in [0.15, 0.2) is 53.3 Å². The Balaban J connectivity index is 1.38. The van der Waals surface area contributed by atoms with E-state index >= 15 is 0 Å². The number of nitrogens with zero attached hydrogens (tertiary/aromatic N) is 2. The lowest BCUT2D eigenvalue weighted by Crippen LogP contribution is -2.43. The minimum absolute atomic E-state index is 0.0166. The van der Waals surface area contributed by atoms with Gasteiger partial charge in [0.15, 0.2) is 6.10 Å². The summed E-state index contributed by atoms with van der Waals surface area (Å²) in [5.74, 6) is -0.332. The summed E-state index contributed by atoms with van der Waals surface area (Å²) < 4.78 is 5.38. The Bertz CT molecular complexity index is 1170. The van der Waals surface area contributed by atoms with Gasteiger partial charge in [0.05, 0.1) is 17.3 Å². The molecule has 7 heteroatoms. The van der Waals surface area contributed by atoms with E-state index in [0.717, 1.165) is 17.7 Å². The number of aromatic nitrogens is 2. The number of benzene rings is 2. The molecule has 2 atom stereocenters. The second-order valence-electron chi connectivity index (χ2n) is 7.55. The second-order valence-corrected chi connectivity index (χ2v) is 7.55. The van der Waals surface area contributed by atoms with Gasteiger partial charge in [-0.05, 0) is 44.0 Å². The van der Waals surface area contributed by atoms with Gasteiger partial charge in [0, 0.05) is 18.2 Å². The quantitative estimate of drug-likeness (QED) is 0.659. The zero-order chi connectivity index (χ0) is 21.3. The van der Waals surface area contributed by atoms with E-state index in [1.54, 1.807) is 36.1 Å². The molecule has 0 aliphatic carbocycles. The molecule has 30 heavy (non-hydrogen) atoms. The number of hydrogen-bond acceptors (Lipinski definition) is 5. The summed E-state index contributed by atoms with van der Waals surface area (Å²) in [4.78, 5) is 46.1. The Morgan fingerprint density at radius 1 is 1.20 bits per heavy atom.